The zero-order valence-electron chi connectivity index (χ0n) is 7.02. The molecular formula is C7H20O2. The number of aliphatic hydroxyl groups excluding tert-OH is 2. The predicted molar refractivity (Wildman–Crippen MR) is 41.5 cm³/mol. The molecule has 0 aromatic heterocycles. The van der Waals surface area contributed by atoms with Crippen molar-refractivity contribution in [3.63, 3.8) is 0 Å². The zero-order valence-corrected chi connectivity index (χ0v) is 7.02. The number of rotatable bonds is 1. The zero-order chi connectivity index (χ0) is 8.12. The van der Waals surface area contributed by atoms with E-state index < -0.39 is 0 Å². The molecule has 0 rings (SSSR count). The molecule has 0 spiro atoms. The van der Waals surface area contributed by atoms with E-state index in [-0.39, 0.29) is 6.61 Å². The fraction of sp³-hybridized carbons (Fsp3) is 1.00. The van der Waals surface area contributed by atoms with Crippen LogP contribution in [-0.4, -0.2) is 23.9 Å². The van der Waals surface area contributed by atoms with Gasteiger partial charge in [0.15, 0.2) is 0 Å². The standard InChI is InChI=1S/C4H10.C2H6O.CH4O/c1-3-4-2;1-2-3;1-2/h3-4H2,1-2H3;3H,2H2,1H3;2H,1H3. The highest BCUT2D eigenvalue weighted by atomic mass is 16.2. The maximum Gasteiger partial charge on any atom is 0.0402 e. The Morgan fingerprint density at radius 1 is 0.889 bits per heavy atom. The van der Waals surface area contributed by atoms with Gasteiger partial charge in [0.1, 0.15) is 0 Å². The molecule has 0 saturated heterocycles. The van der Waals surface area contributed by atoms with Gasteiger partial charge in [0.25, 0.3) is 0 Å². The first-order valence-corrected chi connectivity index (χ1v) is 3.38. The highest BCUT2D eigenvalue weighted by Crippen LogP contribution is 1.76. The Bertz CT molecular complexity index is 14.4. The molecule has 2 N–H and O–H groups in total. The molecule has 60 valence electrons. The van der Waals surface area contributed by atoms with Crippen molar-refractivity contribution < 1.29 is 10.2 Å². The van der Waals surface area contributed by atoms with Crippen LogP contribution < -0.4 is 0 Å². The average molecular weight is 136 g/mol. The fourth-order valence-electron chi connectivity index (χ4n) is 0. The third-order valence-electron chi connectivity index (χ3n) is 0.500. The van der Waals surface area contributed by atoms with Crippen molar-refractivity contribution in [2.24, 2.45) is 0 Å². The van der Waals surface area contributed by atoms with E-state index >= 15 is 0 Å². The molecule has 0 aliphatic heterocycles. The Morgan fingerprint density at radius 3 is 1.00 bits per heavy atom. The van der Waals surface area contributed by atoms with Crippen LogP contribution in [0.5, 0.6) is 0 Å². The van der Waals surface area contributed by atoms with E-state index in [1.165, 1.54) is 12.8 Å². The van der Waals surface area contributed by atoms with E-state index in [4.69, 9.17) is 10.2 Å². The van der Waals surface area contributed by atoms with E-state index in [0.717, 1.165) is 7.11 Å². The second-order valence-corrected chi connectivity index (χ2v) is 1.32. The maximum atomic E-state index is 7.57. The van der Waals surface area contributed by atoms with Crippen LogP contribution in [0.25, 0.3) is 0 Å². The molecule has 0 bridgehead atoms. The van der Waals surface area contributed by atoms with Gasteiger partial charge in [0.2, 0.25) is 0 Å². The van der Waals surface area contributed by atoms with E-state index in [0.29, 0.717) is 0 Å². The van der Waals surface area contributed by atoms with Crippen LogP contribution in [-0.2, 0) is 0 Å². The molecule has 0 unspecified atom stereocenters. The van der Waals surface area contributed by atoms with Gasteiger partial charge in [0.05, 0.1) is 0 Å². The van der Waals surface area contributed by atoms with Gasteiger partial charge >= 0.3 is 0 Å². The van der Waals surface area contributed by atoms with Crippen molar-refractivity contribution in [3.05, 3.63) is 0 Å². The van der Waals surface area contributed by atoms with Gasteiger partial charge in [-0.3, -0.25) is 0 Å². The Balaban J connectivity index is -0.0000000646. The number of aliphatic hydroxyl groups is 2. The minimum absolute atomic E-state index is 0.250. The topological polar surface area (TPSA) is 40.5 Å². The summed E-state index contributed by atoms with van der Waals surface area (Å²) in [5.41, 5.74) is 0. The predicted octanol–water partition coefficient (Wildman–Crippen LogP) is 1.41. The molecule has 0 aliphatic carbocycles. The average Bonchev–Trinajstić information content (AvgIpc) is 1.94. The number of unbranched alkanes of at least 4 members (excludes halogenated alkanes) is 1. The number of hydrogen-bond acceptors (Lipinski definition) is 2. The van der Waals surface area contributed by atoms with Crippen LogP contribution in [0, 0.1) is 0 Å². The number of hydrogen-bond donors (Lipinski definition) is 2. The lowest BCUT2D eigenvalue weighted by atomic mass is 10.4. The SMILES string of the molecule is CCCC.CCO.CO. The van der Waals surface area contributed by atoms with Gasteiger partial charge in [0, 0.05) is 13.7 Å². The first-order valence-electron chi connectivity index (χ1n) is 3.38. The Kier molecular flexibility index (Phi) is 78.9. The smallest absolute Gasteiger partial charge is 0.0402 e. The molecule has 0 radical (unpaired) electrons. The monoisotopic (exact) mass is 136 g/mol. The van der Waals surface area contributed by atoms with Crippen LogP contribution in [0.3, 0.4) is 0 Å². The molecule has 0 saturated carbocycles. The van der Waals surface area contributed by atoms with Crippen molar-refractivity contribution in [2.45, 2.75) is 33.6 Å². The van der Waals surface area contributed by atoms with Crippen molar-refractivity contribution in [3.8, 4) is 0 Å². The minimum Gasteiger partial charge on any atom is -0.400 e. The van der Waals surface area contributed by atoms with Gasteiger partial charge in [-0.2, -0.15) is 0 Å². The largest absolute Gasteiger partial charge is 0.400 e. The summed E-state index contributed by atoms with van der Waals surface area (Å²) in [6.07, 6.45) is 2.64. The van der Waals surface area contributed by atoms with E-state index in [9.17, 15) is 0 Å². The first-order chi connectivity index (χ1) is 4.33. The highest BCUT2D eigenvalue weighted by Gasteiger charge is 1.56. The Morgan fingerprint density at radius 2 is 1.00 bits per heavy atom. The van der Waals surface area contributed by atoms with Crippen molar-refractivity contribution in [1.29, 1.82) is 0 Å². The summed E-state index contributed by atoms with van der Waals surface area (Å²) in [5.74, 6) is 0. The molecule has 0 heterocycles. The van der Waals surface area contributed by atoms with Crippen LogP contribution in [0.4, 0.5) is 0 Å². The lowest BCUT2D eigenvalue weighted by molar-refractivity contribution is 0.318. The van der Waals surface area contributed by atoms with E-state index in [2.05, 4.69) is 13.8 Å². The fourth-order valence-corrected chi connectivity index (χ4v) is 0. The van der Waals surface area contributed by atoms with Crippen LogP contribution in [0.1, 0.15) is 33.6 Å². The summed E-state index contributed by atoms with van der Waals surface area (Å²) in [5, 5.41) is 14.6. The second kappa shape index (κ2) is 44.5. The molecule has 0 fully saturated rings. The summed E-state index contributed by atoms with van der Waals surface area (Å²) in [4.78, 5) is 0. The molecule has 2 heteroatoms. The summed E-state index contributed by atoms with van der Waals surface area (Å²) in [7, 11) is 1.00. The molecule has 2 nitrogen and oxygen atoms in total. The maximum absolute atomic E-state index is 7.57. The van der Waals surface area contributed by atoms with Crippen LogP contribution in [0.2, 0.25) is 0 Å². The molecule has 0 atom stereocenters. The van der Waals surface area contributed by atoms with Crippen molar-refractivity contribution in [2.75, 3.05) is 13.7 Å². The van der Waals surface area contributed by atoms with Gasteiger partial charge in [-0.15, -0.1) is 0 Å². The van der Waals surface area contributed by atoms with Gasteiger partial charge < -0.3 is 10.2 Å². The summed E-state index contributed by atoms with van der Waals surface area (Å²) in [6.45, 7) is 6.29. The van der Waals surface area contributed by atoms with Crippen molar-refractivity contribution >= 4 is 0 Å². The molecule has 9 heavy (non-hydrogen) atoms. The van der Waals surface area contributed by atoms with Gasteiger partial charge in [-0.1, -0.05) is 26.7 Å². The van der Waals surface area contributed by atoms with Crippen molar-refractivity contribution in [1.82, 2.24) is 0 Å². The molecule has 0 aliphatic rings. The van der Waals surface area contributed by atoms with E-state index in [1.807, 2.05) is 0 Å². The van der Waals surface area contributed by atoms with Gasteiger partial charge in [-0.25, -0.2) is 0 Å². The normalized spacial score (nSPS) is 6.00. The second-order valence-electron chi connectivity index (χ2n) is 1.32. The lowest BCUT2D eigenvalue weighted by Gasteiger charge is -1.68. The molecule has 0 aromatic carbocycles. The minimum atomic E-state index is 0.250. The summed E-state index contributed by atoms with van der Waals surface area (Å²) in [6, 6.07) is 0. The lowest BCUT2D eigenvalue weighted by Crippen LogP contribution is -1.57. The Labute approximate surface area is 58.5 Å². The summed E-state index contributed by atoms with van der Waals surface area (Å²) >= 11 is 0. The quantitative estimate of drug-likeness (QED) is 0.572. The Hall–Kier alpha value is -0.0800. The highest BCUT2D eigenvalue weighted by molar-refractivity contribution is 4.12. The third-order valence-corrected chi connectivity index (χ3v) is 0.500. The molecular weight excluding hydrogens is 116 g/mol. The third kappa shape index (κ3) is 328. The molecule has 0 aromatic rings. The molecule has 0 amide bonds. The van der Waals surface area contributed by atoms with Crippen LogP contribution >= 0.6 is 0 Å². The summed E-state index contributed by atoms with van der Waals surface area (Å²) < 4.78 is 0. The van der Waals surface area contributed by atoms with E-state index in [1.54, 1.807) is 6.92 Å². The first kappa shape index (κ1) is 16.0. The van der Waals surface area contributed by atoms with Crippen LogP contribution in [0.15, 0.2) is 0 Å². The van der Waals surface area contributed by atoms with Gasteiger partial charge in [-0.05, 0) is 6.92 Å².